The topological polar surface area (TPSA) is 69.0 Å². The minimum absolute atomic E-state index is 0.111. The molecule has 0 aliphatic rings. The Morgan fingerprint density at radius 1 is 1.22 bits per heavy atom. The lowest BCUT2D eigenvalue weighted by Crippen LogP contribution is -2.14. The van der Waals surface area contributed by atoms with E-state index in [1.807, 2.05) is 35.8 Å². The number of nitrogens with zero attached hydrogens (tertiary/aromatic N) is 3. The lowest BCUT2D eigenvalue weighted by Gasteiger charge is -2.08. The monoisotopic (exact) mass is 402 g/mol. The molecule has 1 aromatic heterocycles. The summed E-state index contributed by atoms with van der Waals surface area (Å²) in [7, 11) is 1.60. The molecule has 1 heterocycles. The second-order valence-corrected chi connectivity index (χ2v) is 7.01. The number of hydrogen-bond donors (Lipinski definition) is 1. The molecule has 8 heteroatoms. The van der Waals surface area contributed by atoms with Gasteiger partial charge < -0.3 is 14.6 Å². The van der Waals surface area contributed by atoms with Crippen molar-refractivity contribution in [3.63, 3.8) is 0 Å². The average molecular weight is 403 g/mol. The van der Waals surface area contributed by atoms with Gasteiger partial charge in [0.05, 0.1) is 12.9 Å². The van der Waals surface area contributed by atoms with E-state index >= 15 is 0 Å². The van der Waals surface area contributed by atoms with E-state index < -0.39 is 0 Å². The largest absolute Gasteiger partial charge is 0.497 e. The molecule has 0 saturated heterocycles. The van der Waals surface area contributed by atoms with Crippen molar-refractivity contribution in [2.75, 3.05) is 18.2 Å². The highest BCUT2D eigenvalue weighted by atomic mass is 35.5. The molecule has 6 nitrogen and oxygen atoms in total. The number of benzene rings is 2. The lowest BCUT2D eigenvalue weighted by molar-refractivity contribution is -0.113. The van der Waals surface area contributed by atoms with Crippen LogP contribution in [0.2, 0.25) is 5.02 Å². The van der Waals surface area contributed by atoms with Gasteiger partial charge in [-0.15, -0.1) is 10.2 Å². The van der Waals surface area contributed by atoms with Gasteiger partial charge in [-0.2, -0.15) is 0 Å². The van der Waals surface area contributed by atoms with Crippen LogP contribution in [0.5, 0.6) is 5.75 Å². The van der Waals surface area contributed by atoms with E-state index in [9.17, 15) is 4.79 Å². The fraction of sp³-hybridized carbons (Fsp3) is 0.211. The van der Waals surface area contributed by atoms with Gasteiger partial charge in [-0.1, -0.05) is 35.5 Å². The molecule has 0 bridgehead atoms. The number of anilines is 1. The number of amides is 1. The van der Waals surface area contributed by atoms with Crippen molar-refractivity contribution >= 4 is 35.0 Å². The van der Waals surface area contributed by atoms with E-state index in [2.05, 4.69) is 15.5 Å². The Bertz CT molecular complexity index is 928. The Morgan fingerprint density at radius 2 is 2.00 bits per heavy atom. The van der Waals surface area contributed by atoms with Crippen molar-refractivity contribution in [3.05, 3.63) is 53.6 Å². The van der Waals surface area contributed by atoms with Crippen molar-refractivity contribution in [2.45, 2.75) is 18.6 Å². The van der Waals surface area contributed by atoms with Gasteiger partial charge in [0.1, 0.15) is 5.75 Å². The molecule has 1 N–H and O–H groups in total. The van der Waals surface area contributed by atoms with E-state index in [4.69, 9.17) is 16.3 Å². The predicted octanol–water partition coefficient (Wildman–Crippen LogP) is 4.36. The van der Waals surface area contributed by atoms with Gasteiger partial charge in [0.25, 0.3) is 0 Å². The first-order chi connectivity index (χ1) is 13.1. The smallest absolute Gasteiger partial charge is 0.234 e. The van der Waals surface area contributed by atoms with Crippen LogP contribution < -0.4 is 10.1 Å². The highest BCUT2D eigenvalue weighted by molar-refractivity contribution is 7.99. The maximum Gasteiger partial charge on any atom is 0.234 e. The van der Waals surface area contributed by atoms with Gasteiger partial charge in [0.2, 0.25) is 5.91 Å². The number of carbonyl (C=O) groups is 1. The predicted molar refractivity (Wildman–Crippen MR) is 108 cm³/mol. The fourth-order valence-electron chi connectivity index (χ4n) is 2.52. The van der Waals surface area contributed by atoms with Crippen LogP contribution in [0.3, 0.4) is 0 Å². The number of methoxy groups -OCH3 is 1. The van der Waals surface area contributed by atoms with E-state index in [-0.39, 0.29) is 11.7 Å². The number of halogens is 1. The Labute approximate surface area is 166 Å². The molecule has 2 aromatic carbocycles. The Morgan fingerprint density at radius 3 is 2.67 bits per heavy atom. The Balaban J connectivity index is 1.66. The molecule has 27 heavy (non-hydrogen) atoms. The molecule has 0 aliphatic carbocycles. The highest BCUT2D eigenvalue weighted by Gasteiger charge is 2.15. The summed E-state index contributed by atoms with van der Waals surface area (Å²) in [4.78, 5) is 12.2. The van der Waals surface area contributed by atoms with Crippen LogP contribution in [0.25, 0.3) is 11.4 Å². The lowest BCUT2D eigenvalue weighted by atomic mass is 10.2. The van der Waals surface area contributed by atoms with Crippen LogP contribution in [0.15, 0.2) is 53.7 Å². The Kier molecular flexibility index (Phi) is 6.36. The molecule has 0 radical (unpaired) electrons. The third-order valence-electron chi connectivity index (χ3n) is 3.82. The number of rotatable bonds is 7. The average Bonchev–Trinajstić information content (AvgIpc) is 3.10. The first-order valence-electron chi connectivity index (χ1n) is 8.36. The quantitative estimate of drug-likeness (QED) is 0.594. The number of carbonyl (C=O) groups excluding carboxylic acids is 1. The zero-order valence-corrected chi connectivity index (χ0v) is 16.5. The van der Waals surface area contributed by atoms with Gasteiger partial charge >= 0.3 is 0 Å². The van der Waals surface area contributed by atoms with Crippen LogP contribution >= 0.6 is 23.4 Å². The van der Waals surface area contributed by atoms with Crippen molar-refractivity contribution in [1.29, 1.82) is 0 Å². The molecule has 0 atom stereocenters. The molecule has 0 unspecified atom stereocenters. The third kappa shape index (κ3) is 4.81. The number of aromatic nitrogens is 3. The maximum atomic E-state index is 12.2. The molecule has 3 aromatic rings. The van der Waals surface area contributed by atoms with Crippen molar-refractivity contribution < 1.29 is 9.53 Å². The van der Waals surface area contributed by atoms with E-state index in [0.29, 0.717) is 16.7 Å². The summed E-state index contributed by atoms with van der Waals surface area (Å²) in [6.45, 7) is 2.70. The Hall–Kier alpha value is -2.51. The standard InChI is InChI=1S/C19H19ClN4O2S/c1-3-24-18(13-5-4-6-14(20)11-13)22-23-19(24)27-12-17(25)21-15-7-9-16(26-2)10-8-15/h4-11H,3,12H2,1-2H3,(H,21,25). The van der Waals surface area contributed by atoms with Crippen LogP contribution in [-0.4, -0.2) is 33.5 Å². The first-order valence-corrected chi connectivity index (χ1v) is 9.73. The SMILES string of the molecule is CCn1c(SCC(=O)Nc2ccc(OC)cc2)nnc1-c1cccc(Cl)c1. The zero-order chi connectivity index (χ0) is 19.2. The van der Waals surface area contributed by atoms with Crippen molar-refractivity contribution in [3.8, 4) is 17.1 Å². The third-order valence-corrected chi connectivity index (χ3v) is 5.02. The van der Waals surface area contributed by atoms with Gasteiger partial charge in [-0.05, 0) is 43.3 Å². The molecule has 0 saturated carbocycles. The molecule has 3 rings (SSSR count). The summed E-state index contributed by atoms with van der Waals surface area (Å²) in [6.07, 6.45) is 0. The summed E-state index contributed by atoms with van der Waals surface area (Å²) in [5, 5.41) is 12.7. The summed E-state index contributed by atoms with van der Waals surface area (Å²) in [5.74, 6) is 1.60. The molecular formula is C19H19ClN4O2S. The number of hydrogen-bond acceptors (Lipinski definition) is 5. The second-order valence-electron chi connectivity index (χ2n) is 5.63. The molecule has 0 aliphatic heterocycles. The summed E-state index contributed by atoms with van der Waals surface area (Å²) >= 11 is 7.42. The van der Waals surface area contributed by atoms with Crippen LogP contribution in [0.4, 0.5) is 5.69 Å². The number of thioether (sulfide) groups is 1. The number of ether oxygens (including phenoxy) is 1. The normalized spacial score (nSPS) is 10.6. The molecular weight excluding hydrogens is 384 g/mol. The van der Waals surface area contributed by atoms with Crippen LogP contribution in [0, 0.1) is 0 Å². The second kappa shape index (κ2) is 8.92. The summed E-state index contributed by atoms with van der Waals surface area (Å²) in [6, 6.07) is 14.7. The summed E-state index contributed by atoms with van der Waals surface area (Å²) in [5.41, 5.74) is 1.62. The highest BCUT2D eigenvalue weighted by Crippen LogP contribution is 2.26. The number of nitrogens with one attached hydrogen (secondary N) is 1. The van der Waals surface area contributed by atoms with Gasteiger partial charge in [0, 0.05) is 22.8 Å². The van der Waals surface area contributed by atoms with Gasteiger partial charge in [-0.25, -0.2) is 0 Å². The zero-order valence-electron chi connectivity index (χ0n) is 15.0. The molecule has 0 spiro atoms. The molecule has 0 fully saturated rings. The minimum atomic E-state index is -0.111. The van der Waals surface area contributed by atoms with E-state index in [1.165, 1.54) is 11.8 Å². The van der Waals surface area contributed by atoms with Gasteiger partial charge in [0.15, 0.2) is 11.0 Å². The maximum absolute atomic E-state index is 12.2. The summed E-state index contributed by atoms with van der Waals surface area (Å²) < 4.78 is 7.08. The van der Waals surface area contributed by atoms with Crippen LogP contribution in [-0.2, 0) is 11.3 Å². The fourth-order valence-corrected chi connectivity index (χ4v) is 3.52. The molecule has 1 amide bonds. The minimum Gasteiger partial charge on any atom is -0.497 e. The first kappa shape index (κ1) is 19.3. The van der Waals surface area contributed by atoms with E-state index in [1.54, 1.807) is 31.4 Å². The van der Waals surface area contributed by atoms with Crippen LogP contribution in [0.1, 0.15) is 6.92 Å². The van der Waals surface area contributed by atoms with E-state index in [0.717, 1.165) is 22.8 Å². The molecule has 140 valence electrons. The van der Waals surface area contributed by atoms with Gasteiger partial charge in [-0.3, -0.25) is 4.79 Å². The van der Waals surface area contributed by atoms with Crippen molar-refractivity contribution in [2.24, 2.45) is 0 Å². The van der Waals surface area contributed by atoms with Crippen molar-refractivity contribution in [1.82, 2.24) is 14.8 Å².